The summed E-state index contributed by atoms with van der Waals surface area (Å²) >= 11 is 2.94. The topological polar surface area (TPSA) is 92.7 Å². The average molecular weight is 394 g/mol. The molecule has 4 heterocycles. The van der Waals surface area contributed by atoms with Gasteiger partial charge in [0.25, 0.3) is 0 Å². The van der Waals surface area contributed by atoms with Gasteiger partial charge in [-0.05, 0) is 23.6 Å². The van der Waals surface area contributed by atoms with Crippen LogP contribution < -0.4 is 10.6 Å². The molecular weight excluding hydrogens is 380 g/mol. The molecule has 2 amide bonds. The molecule has 27 heavy (non-hydrogen) atoms. The predicted octanol–water partition coefficient (Wildman–Crippen LogP) is 4.05. The Morgan fingerprint density at radius 3 is 2.74 bits per heavy atom. The SMILES string of the molecule is O=C(NCc1nccnc1-c1ccsc1)Nc1nc(-c2ccccn2)cs1. The Labute approximate surface area is 163 Å². The molecule has 0 unspecified atom stereocenters. The lowest BCUT2D eigenvalue weighted by molar-refractivity contribution is 0.251. The number of pyridine rings is 1. The molecule has 0 saturated carbocycles. The molecule has 4 aromatic rings. The zero-order valence-corrected chi connectivity index (χ0v) is 15.6. The van der Waals surface area contributed by atoms with Crippen LogP contribution in [0.3, 0.4) is 0 Å². The van der Waals surface area contributed by atoms with Crippen LogP contribution in [0.2, 0.25) is 0 Å². The fourth-order valence-corrected chi connectivity index (χ4v) is 3.74. The summed E-state index contributed by atoms with van der Waals surface area (Å²) in [7, 11) is 0. The molecule has 0 aliphatic heterocycles. The summed E-state index contributed by atoms with van der Waals surface area (Å²) in [5.74, 6) is 0. The molecule has 0 fully saturated rings. The first-order chi connectivity index (χ1) is 13.3. The third-order valence-electron chi connectivity index (χ3n) is 3.64. The van der Waals surface area contributed by atoms with Gasteiger partial charge in [0.05, 0.1) is 23.6 Å². The summed E-state index contributed by atoms with van der Waals surface area (Å²) in [6, 6.07) is 7.25. The first kappa shape index (κ1) is 17.3. The highest BCUT2D eigenvalue weighted by atomic mass is 32.1. The van der Waals surface area contributed by atoms with Crippen molar-refractivity contribution in [3.63, 3.8) is 0 Å². The molecule has 0 aliphatic rings. The molecule has 134 valence electrons. The summed E-state index contributed by atoms with van der Waals surface area (Å²) in [5.41, 5.74) is 3.96. The van der Waals surface area contributed by atoms with Gasteiger partial charge >= 0.3 is 6.03 Å². The first-order valence-electron chi connectivity index (χ1n) is 8.04. The minimum absolute atomic E-state index is 0.267. The number of thiazole rings is 1. The number of nitrogens with one attached hydrogen (secondary N) is 2. The van der Waals surface area contributed by atoms with Crippen LogP contribution >= 0.6 is 22.7 Å². The Kier molecular flexibility index (Phi) is 5.13. The van der Waals surface area contributed by atoms with E-state index in [2.05, 4.69) is 30.6 Å². The number of hydrogen-bond acceptors (Lipinski definition) is 7. The number of nitrogens with zero attached hydrogens (tertiary/aromatic N) is 4. The number of hydrogen-bond donors (Lipinski definition) is 2. The van der Waals surface area contributed by atoms with E-state index in [1.54, 1.807) is 29.9 Å². The van der Waals surface area contributed by atoms with Gasteiger partial charge in [-0.15, -0.1) is 11.3 Å². The number of amides is 2. The van der Waals surface area contributed by atoms with Crippen molar-refractivity contribution in [1.82, 2.24) is 25.3 Å². The number of carbonyl (C=O) groups is 1. The van der Waals surface area contributed by atoms with Crippen molar-refractivity contribution in [2.75, 3.05) is 5.32 Å². The largest absolute Gasteiger partial charge is 0.332 e. The lowest BCUT2D eigenvalue weighted by atomic mass is 10.2. The van der Waals surface area contributed by atoms with Gasteiger partial charge < -0.3 is 5.32 Å². The molecule has 2 N–H and O–H groups in total. The van der Waals surface area contributed by atoms with Crippen LogP contribution in [0.4, 0.5) is 9.93 Å². The van der Waals surface area contributed by atoms with E-state index in [0.717, 1.165) is 22.6 Å². The average Bonchev–Trinajstić information content (AvgIpc) is 3.40. The Hall–Kier alpha value is -3.17. The predicted molar refractivity (Wildman–Crippen MR) is 107 cm³/mol. The standard InChI is InChI=1S/C18H14N6OS2/c25-17(24-18-23-15(11-27-18)13-3-1-2-5-19-13)22-9-14-16(21-7-6-20-14)12-4-8-26-10-12/h1-8,10-11H,9H2,(H2,22,23,24,25). The van der Waals surface area contributed by atoms with Crippen LogP contribution in [0, 0.1) is 0 Å². The van der Waals surface area contributed by atoms with Crippen molar-refractivity contribution in [3.05, 3.63) is 64.7 Å². The highest BCUT2D eigenvalue weighted by Crippen LogP contribution is 2.24. The molecule has 0 aromatic carbocycles. The van der Waals surface area contributed by atoms with Crippen molar-refractivity contribution in [1.29, 1.82) is 0 Å². The second kappa shape index (κ2) is 8.02. The van der Waals surface area contributed by atoms with E-state index < -0.39 is 0 Å². The highest BCUT2D eigenvalue weighted by molar-refractivity contribution is 7.14. The van der Waals surface area contributed by atoms with E-state index in [1.165, 1.54) is 11.3 Å². The maximum atomic E-state index is 12.2. The van der Waals surface area contributed by atoms with E-state index in [9.17, 15) is 4.79 Å². The Bertz CT molecular complexity index is 1030. The van der Waals surface area contributed by atoms with Crippen LogP contribution in [0.15, 0.2) is 59.0 Å². The molecule has 0 bridgehead atoms. The van der Waals surface area contributed by atoms with Crippen LogP contribution in [0.25, 0.3) is 22.6 Å². The molecule has 0 spiro atoms. The zero-order chi connectivity index (χ0) is 18.5. The molecule has 0 aliphatic carbocycles. The Morgan fingerprint density at radius 1 is 1.00 bits per heavy atom. The summed E-state index contributed by atoms with van der Waals surface area (Å²) in [5, 5.41) is 11.9. The lowest BCUT2D eigenvalue weighted by Gasteiger charge is -2.08. The number of aromatic nitrogens is 4. The van der Waals surface area contributed by atoms with Gasteiger partial charge in [0.1, 0.15) is 5.69 Å². The molecule has 0 atom stereocenters. The van der Waals surface area contributed by atoms with E-state index >= 15 is 0 Å². The van der Waals surface area contributed by atoms with E-state index in [1.807, 2.05) is 40.4 Å². The van der Waals surface area contributed by atoms with Crippen molar-refractivity contribution in [3.8, 4) is 22.6 Å². The molecule has 0 saturated heterocycles. The fourth-order valence-electron chi connectivity index (χ4n) is 2.40. The molecule has 0 radical (unpaired) electrons. The maximum absolute atomic E-state index is 12.2. The number of anilines is 1. The van der Waals surface area contributed by atoms with Gasteiger partial charge in [0.15, 0.2) is 5.13 Å². The van der Waals surface area contributed by atoms with E-state index in [0.29, 0.717) is 10.8 Å². The van der Waals surface area contributed by atoms with Crippen LogP contribution in [0.1, 0.15) is 5.69 Å². The summed E-state index contributed by atoms with van der Waals surface area (Å²) in [6.07, 6.45) is 4.97. The number of thiophene rings is 1. The Morgan fingerprint density at radius 2 is 1.93 bits per heavy atom. The van der Waals surface area contributed by atoms with Crippen molar-refractivity contribution in [2.24, 2.45) is 0 Å². The van der Waals surface area contributed by atoms with Gasteiger partial charge in [-0.2, -0.15) is 11.3 Å². The van der Waals surface area contributed by atoms with E-state index in [4.69, 9.17) is 0 Å². The van der Waals surface area contributed by atoms with Crippen molar-refractivity contribution >= 4 is 33.8 Å². The molecular formula is C18H14N6OS2. The second-order valence-corrected chi connectivity index (χ2v) is 7.06. The van der Waals surface area contributed by atoms with E-state index in [-0.39, 0.29) is 12.6 Å². The van der Waals surface area contributed by atoms with Crippen molar-refractivity contribution < 1.29 is 4.79 Å². The second-order valence-electron chi connectivity index (χ2n) is 5.42. The lowest BCUT2D eigenvalue weighted by Crippen LogP contribution is -2.28. The molecule has 7 nitrogen and oxygen atoms in total. The number of rotatable bonds is 5. The zero-order valence-electron chi connectivity index (χ0n) is 14.0. The van der Waals surface area contributed by atoms with Gasteiger partial charge in [-0.3, -0.25) is 20.3 Å². The van der Waals surface area contributed by atoms with Crippen LogP contribution in [0.5, 0.6) is 0 Å². The molecule has 4 aromatic heterocycles. The first-order valence-corrected chi connectivity index (χ1v) is 9.86. The normalized spacial score (nSPS) is 10.5. The van der Waals surface area contributed by atoms with Crippen molar-refractivity contribution in [2.45, 2.75) is 6.54 Å². The monoisotopic (exact) mass is 394 g/mol. The third-order valence-corrected chi connectivity index (χ3v) is 5.08. The highest BCUT2D eigenvalue weighted by Gasteiger charge is 2.11. The van der Waals surface area contributed by atoms with Gasteiger partial charge in [-0.1, -0.05) is 6.07 Å². The summed E-state index contributed by atoms with van der Waals surface area (Å²) < 4.78 is 0. The number of carbonyl (C=O) groups excluding carboxylic acids is 1. The van der Waals surface area contributed by atoms with Gasteiger partial charge in [0, 0.05) is 34.9 Å². The maximum Gasteiger partial charge on any atom is 0.321 e. The van der Waals surface area contributed by atoms with Gasteiger partial charge in [-0.25, -0.2) is 9.78 Å². The Balaban J connectivity index is 1.39. The quantitative estimate of drug-likeness (QED) is 0.533. The summed E-state index contributed by atoms with van der Waals surface area (Å²) in [6.45, 7) is 0.267. The van der Waals surface area contributed by atoms with Gasteiger partial charge in [0.2, 0.25) is 0 Å². The number of urea groups is 1. The fraction of sp³-hybridized carbons (Fsp3) is 0.0556. The summed E-state index contributed by atoms with van der Waals surface area (Å²) in [4.78, 5) is 29.6. The smallest absolute Gasteiger partial charge is 0.321 e. The third kappa shape index (κ3) is 4.15. The van der Waals surface area contributed by atoms with Crippen LogP contribution in [-0.2, 0) is 6.54 Å². The minimum atomic E-state index is -0.348. The minimum Gasteiger partial charge on any atom is -0.332 e. The molecule has 4 rings (SSSR count). The van der Waals surface area contributed by atoms with Crippen LogP contribution in [-0.4, -0.2) is 26.0 Å². The molecule has 9 heteroatoms.